The summed E-state index contributed by atoms with van der Waals surface area (Å²) in [5, 5.41) is 0.431. The Kier molecular flexibility index (Phi) is 6.67. The zero-order valence-corrected chi connectivity index (χ0v) is 15.9. The van der Waals surface area contributed by atoms with Crippen molar-refractivity contribution in [2.24, 2.45) is 0 Å². The van der Waals surface area contributed by atoms with Gasteiger partial charge >= 0.3 is 5.97 Å². The molecule has 1 N–H and O–H groups in total. The Hall–Kier alpha value is -2.49. The van der Waals surface area contributed by atoms with E-state index in [1.165, 1.54) is 13.2 Å². The predicted molar refractivity (Wildman–Crippen MR) is 102 cm³/mol. The fourth-order valence-electron chi connectivity index (χ4n) is 2.12. The number of halogens is 1. The molecule has 0 fully saturated rings. The maximum Gasteiger partial charge on any atom is 0.306 e. The number of rotatable bonds is 5. The van der Waals surface area contributed by atoms with Crippen LogP contribution in [0.1, 0.15) is 24.0 Å². The first-order valence-corrected chi connectivity index (χ1v) is 9.62. The molecule has 0 heterocycles. The van der Waals surface area contributed by atoms with Crippen LogP contribution in [0.15, 0.2) is 47.4 Å². The summed E-state index contributed by atoms with van der Waals surface area (Å²) in [6.45, 7) is 1.82. The molecule has 2 aromatic carbocycles. The third-order valence-electron chi connectivity index (χ3n) is 3.43. The van der Waals surface area contributed by atoms with Gasteiger partial charge in [0, 0.05) is 11.4 Å². The highest BCUT2D eigenvalue weighted by Crippen LogP contribution is 2.23. The van der Waals surface area contributed by atoms with Crippen LogP contribution in [0.4, 0.5) is 5.69 Å². The van der Waals surface area contributed by atoms with Crippen molar-refractivity contribution in [2.45, 2.75) is 24.7 Å². The Morgan fingerprint density at radius 3 is 2.69 bits per heavy atom. The second-order valence-electron chi connectivity index (χ2n) is 5.49. The first-order chi connectivity index (χ1) is 12.3. The van der Waals surface area contributed by atoms with E-state index in [0.717, 1.165) is 5.56 Å². The first kappa shape index (κ1) is 19.8. The van der Waals surface area contributed by atoms with Crippen molar-refractivity contribution in [3.8, 4) is 11.8 Å². The third-order valence-corrected chi connectivity index (χ3v) is 5.03. The van der Waals surface area contributed by atoms with Crippen molar-refractivity contribution in [3.05, 3.63) is 58.6 Å². The normalized spacial score (nSPS) is 10.6. The molecule has 7 heteroatoms. The number of aryl methyl sites for hydroxylation is 1. The molecule has 0 amide bonds. The molecule has 0 aliphatic heterocycles. The summed E-state index contributed by atoms with van der Waals surface area (Å²) < 4.78 is 32.3. The summed E-state index contributed by atoms with van der Waals surface area (Å²) in [6, 6.07) is 11.3. The number of anilines is 1. The molecule has 0 saturated carbocycles. The monoisotopic (exact) mass is 391 g/mol. The van der Waals surface area contributed by atoms with Crippen molar-refractivity contribution in [3.63, 3.8) is 0 Å². The summed E-state index contributed by atoms with van der Waals surface area (Å²) in [5.41, 5.74) is 1.59. The summed E-state index contributed by atoms with van der Waals surface area (Å²) >= 11 is 5.99. The second kappa shape index (κ2) is 8.75. The van der Waals surface area contributed by atoms with Crippen LogP contribution in [-0.2, 0) is 19.6 Å². The van der Waals surface area contributed by atoms with E-state index in [1.807, 2.05) is 13.0 Å². The fraction of sp³-hybridized carbons (Fsp3) is 0.211. The van der Waals surface area contributed by atoms with E-state index in [0.29, 0.717) is 22.7 Å². The number of nitrogens with one attached hydrogen (secondary N) is 1. The first-order valence-electron chi connectivity index (χ1n) is 7.76. The van der Waals surface area contributed by atoms with Crippen molar-refractivity contribution in [1.82, 2.24) is 0 Å². The molecule has 0 radical (unpaired) electrons. The zero-order chi connectivity index (χ0) is 19.2. The quantitative estimate of drug-likeness (QED) is 0.622. The number of sulfonamides is 1. The minimum Gasteiger partial charge on any atom is -0.469 e. The van der Waals surface area contributed by atoms with Gasteiger partial charge in [-0.25, -0.2) is 8.42 Å². The maximum absolute atomic E-state index is 12.6. The highest BCUT2D eigenvalue weighted by Gasteiger charge is 2.16. The van der Waals surface area contributed by atoms with Gasteiger partial charge in [0.1, 0.15) is 0 Å². The van der Waals surface area contributed by atoms with Crippen LogP contribution in [-0.4, -0.2) is 21.5 Å². The van der Waals surface area contributed by atoms with Gasteiger partial charge in [-0.1, -0.05) is 35.6 Å². The highest BCUT2D eigenvalue weighted by atomic mass is 35.5. The van der Waals surface area contributed by atoms with Crippen LogP contribution in [0, 0.1) is 18.8 Å². The van der Waals surface area contributed by atoms with Gasteiger partial charge in [0.2, 0.25) is 0 Å². The number of carbonyl (C=O) groups is 1. The summed E-state index contributed by atoms with van der Waals surface area (Å²) in [5.74, 6) is 5.32. The minimum absolute atomic E-state index is 0.161. The SMILES string of the molecule is COC(=O)CCC#Cc1cc(Cl)ccc1NS(=O)(=O)c1cccc(C)c1. The topological polar surface area (TPSA) is 72.5 Å². The minimum atomic E-state index is -3.75. The fourth-order valence-corrected chi connectivity index (χ4v) is 3.48. The maximum atomic E-state index is 12.6. The molecule has 0 aliphatic carbocycles. The molecular formula is C19H18ClNO4S. The Morgan fingerprint density at radius 1 is 1.23 bits per heavy atom. The number of esters is 1. The van der Waals surface area contributed by atoms with E-state index < -0.39 is 10.0 Å². The summed E-state index contributed by atoms with van der Waals surface area (Å²) in [4.78, 5) is 11.3. The average molecular weight is 392 g/mol. The van der Waals surface area contributed by atoms with Crippen LogP contribution >= 0.6 is 11.6 Å². The molecule has 0 unspecified atom stereocenters. The number of hydrogen-bond donors (Lipinski definition) is 1. The molecule has 0 saturated heterocycles. The molecule has 2 aromatic rings. The number of hydrogen-bond acceptors (Lipinski definition) is 4. The van der Waals surface area contributed by atoms with Gasteiger partial charge in [0.05, 0.1) is 29.7 Å². The van der Waals surface area contributed by atoms with Crippen molar-refractivity contribution < 1.29 is 17.9 Å². The predicted octanol–water partition coefficient (Wildman–Crippen LogP) is 3.75. The van der Waals surface area contributed by atoms with Gasteiger partial charge < -0.3 is 4.74 Å². The number of carbonyl (C=O) groups excluding carboxylic acids is 1. The molecule has 0 spiro atoms. The standard InChI is InChI=1S/C19H18ClNO4S/c1-14-6-5-8-17(12-14)26(23,24)21-18-11-10-16(20)13-15(18)7-3-4-9-19(22)25-2/h5-6,8,10-13,21H,4,9H2,1-2H3. The Bertz CT molecular complexity index is 975. The molecule has 0 bridgehead atoms. The lowest BCUT2D eigenvalue weighted by Crippen LogP contribution is -2.14. The van der Waals surface area contributed by atoms with E-state index in [1.54, 1.807) is 30.3 Å². The van der Waals surface area contributed by atoms with E-state index in [4.69, 9.17) is 11.6 Å². The van der Waals surface area contributed by atoms with Crippen LogP contribution in [0.2, 0.25) is 5.02 Å². The molecule has 0 atom stereocenters. The molecule has 26 heavy (non-hydrogen) atoms. The zero-order valence-electron chi connectivity index (χ0n) is 14.4. The van der Waals surface area contributed by atoms with E-state index >= 15 is 0 Å². The van der Waals surface area contributed by atoms with Gasteiger partial charge in [-0.3, -0.25) is 9.52 Å². The molecule has 0 aromatic heterocycles. The number of methoxy groups -OCH3 is 1. The van der Waals surface area contributed by atoms with Gasteiger partial charge in [-0.2, -0.15) is 0 Å². The molecule has 5 nitrogen and oxygen atoms in total. The average Bonchev–Trinajstić information content (AvgIpc) is 2.60. The van der Waals surface area contributed by atoms with Gasteiger partial charge in [0.25, 0.3) is 10.0 Å². The molecule has 0 aliphatic rings. The lowest BCUT2D eigenvalue weighted by atomic mass is 10.2. The highest BCUT2D eigenvalue weighted by molar-refractivity contribution is 7.92. The summed E-state index contributed by atoms with van der Waals surface area (Å²) in [7, 11) is -2.44. The van der Waals surface area contributed by atoms with Crippen LogP contribution in [0.5, 0.6) is 0 Å². The van der Waals surface area contributed by atoms with E-state index in [2.05, 4.69) is 21.3 Å². The molecular weight excluding hydrogens is 374 g/mol. The van der Waals surface area contributed by atoms with E-state index in [-0.39, 0.29) is 17.3 Å². The van der Waals surface area contributed by atoms with E-state index in [9.17, 15) is 13.2 Å². The van der Waals surface area contributed by atoms with Crippen LogP contribution in [0.25, 0.3) is 0 Å². The molecule has 2 rings (SSSR count). The largest absolute Gasteiger partial charge is 0.469 e. The Labute approximate surface area is 158 Å². The Morgan fingerprint density at radius 2 is 2.00 bits per heavy atom. The van der Waals surface area contributed by atoms with Gasteiger partial charge in [-0.15, -0.1) is 0 Å². The number of benzene rings is 2. The lowest BCUT2D eigenvalue weighted by Gasteiger charge is -2.11. The van der Waals surface area contributed by atoms with Gasteiger partial charge in [0.15, 0.2) is 0 Å². The lowest BCUT2D eigenvalue weighted by molar-refractivity contribution is -0.140. The third kappa shape index (κ3) is 5.51. The smallest absolute Gasteiger partial charge is 0.306 e. The second-order valence-corrected chi connectivity index (χ2v) is 7.61. The van der Waals surface area contributed by atoms with Gasteiger partial charge in [-0.05, 0) is 42.8 Å². The van der Waals surface area contributed by atoms with Crippen LogP contribution < -0.4 is 4.72 Å². The Balaban J connectivity index is 2.27. The van der Waals surface area contributed by atoms with Crippen LogP contribution in [0.3, 0.4) is 0 Å². The van der Waals surface area contributed by atoms with Crippen molar-refractivity contribution >= 4 is 33.3 Å². The van der Waals surface area contributed by atoms with Crippen molar-refractivity contribution in [2.75, 3.05) is 11.8 Å². The summed E-state index contributed by atoms with van der Waals surface area (Å²) in [6.07, 6.45) is 0.456. The van der Waals surface area contributed by atoms with Crippen molar-refractivity contribution in [1.29, 1.82) is 0 Å². The number of ether oxygens (including phenoxy) is 1. The molecule has 136 valence electrons.